The average molecular weight is 189 g/mol. The van der Waals surface area contributed by atoms with Crippen molar-refractivity contribution < 1.29 is 4.74 Å². The Morgan fingerprint density at radius 1 is 1.36 bits per heavy atom. The largest absolute Gasteiger partial charge is 0.489 e. The minimum atomic E-state index is 0.521. The monoisotopic (exact) mass is 189 g/mol. The Kier molecular flexibility index (Phi) is 4.51. The van der Waals surface area contributed by atoms with E-state index >= 15 is 0 Å². The Balaban J connectivity index is 2.79. The standard InChI is InChI=1S/C12H15NO/c1-2-10-14-12-8-4-3-6-11(12)7-5-9-13/h2-8H,1,9-10,13H2. The van der Waals surface area contributed by atoms with Crippen molar-refractivity contribution in [2.75, 3.05) is 13.2 Å². The first kappa shape index (κ1) is 10.5. The van der Waals surface area contributed by atoms with E-state index in [4.69, 9.17) is 10.5 Å². The molecule has 14 heavy (non-hydrogen) atoms. The van der Waals surface area contributed by atoms with Crippen molar-refractivity contribution in [1.29, 1.82) is 0 Å². The van der Waals surface area contributed by atoms with E-state index in [0.717, 1.165) is 11.3 Å². The molecule has 0 fully saturated rings. The summed E-state index contributed by atoms with van der Waals surface area (Å²) in [6, 6.07) is 7.83. The lowest BCUT2D eigenvalue weighted by atomic mass is 10.2. The van der Waals surface area contributed by atoms with E-state index in [0.29, 0.717) is 13.2 Å². The van der Waals surface area contributed by atoms with Crippen LogP contribution in [0.3, 0.4) is 0 Å². The van der Waals surface area contributed by atoms with Crippen LogP contribution in [0.4, 0.5) is 0 Å². The molecular weight excluding hydrogens is 174 g/mol. The molecule has 0 unspecified atom stereocenters. The molecule has 0 spiro atoms. The zero-order valence-corrected chi connectivity index (χ0v) is 8.15. The van der Waals surface area contributed by atoms with Gasteiger partial charge in [0, 0.05) is 12.1 Å². The third kappa shape index (κ3) is 3.07. The Bertz CT molecular complexity index is 318. The quantitative estimate of drug-likeness (QED) is 0.721. The molecule has 1 aromatic rings. The van der Waals surface area contributed by atoms with Crippen molar-refractivity contribution in [3.63, 3.8) is 0 Å². The number of nitrogens with two attached hydrogens (primary N) is 1. The highest BCUT2D eigenvalue weighted by Gasteiger charge is 1.96. The average Bonchev–Trinajstić information content (AvgIpc) is 2.24. The molecule has 1 aromatic carbocycles. The molecule has 0 radical (unpaired) electrons. The van der Waals surface area contributed by atoms with Crippen molar-refractivity contribution in [3.05, 3.63) is 48.6 Å². The Morgan fingerprint density at radius 2 is 2.14 bits per heavy atom. The maximum Gasteiger partial charge on any atom is 0.126 e. The van der Waals surface area contributed by atoms with E-state index in [9.17, 15) is 0 Å². The molecule has 0 aliphatic rings. The third-order valence-corrected chi connectivity index (χ3v) is 1.71. The lowest BCUT2D eigenvalue weighted by Gasteiger charge is -2.06. The van der Waals surface area contributed by atoms with Crippen molar-refractivity contribution >= 4 is 6.08 Å². The summed E-state index contributed by atoms with van der Waals surface area (Å²) < 4.78 is 5.47. The van der Waals surface area contributed by atoms with Crippen molar-refractivity contribution in [2.24, 2.45) is 5.73 Å². The van der Waals surface area contributed by atoms with Crippen LogP contribution < -0.4 is 10.5 Å². The van der Waals surface area contributed by atoms with Gasteiger partial charge in [0.2, 0.25) is 0 Å². The molecular formula is C12H15NO. The first-order chi connectivity index (χ1) is 6.88. The summed E-state index contributed by atoms with van der Waals surface area (Å²) in [5.74, 6) is 0.858. The second-order valence-corrected chi connectivity index (χ2v) is 2.78. The maximum absolute atomic E-state index is 5.47. The van der Waals surface area contributed by atoms with Gasteiger partial charge < -0.3 is 10.5 Å². The Hall–Kier alpha value is -1.54. The number of ether oxygens (including phenoxy) is 1. The molecule has 0 aromatic heterocycles. The van der Waals surface area contributed by atoms with Crippen LogP contribution in [-0.2, 0) is 0 Å². The number of benzene rings is 1. The summed E-state index contributed by atoms with van der Waals surface area (Å²) in [6.45, 7) is 4.66. The van der Waals surface area contributed by atoms with Gasteiger partial charge in [0.25, 0.3) is 0 Å². The minimum Gasteiger partial charge on any atom is -0.489 e. The molecule has 0 saturated heterocycles. The topological polar surface area (TPSA) is 35.2 Å². The first-order valence-corrected chi connectivity index (χ1v) is 4.58. The molecule has 2 heteroatoms. The number of hydrogen-bond donors (Lipinski definition) is 1. The molecule has 0 heterocycles. The van der Waals surface area contributed by atoms with Crippen molar-refractivity contribution in [2.45, 2.75) is 0 Å². The summed E-state index contributed by atoms with van der Waals surface area (Å²) in [5, 5.41) is 0. The summed E-state index contributed by atoms with van der Waals surface area (Å²) in [5.41, 5.74) is 6.42. The van der Waals surface area contributed by atoms with Crippen LogP contribution in [0.15, 0.2) is 43.0 Å². The molecule has 0 amide bonds. The van der Waals surface area contributed by atoms with Crippen LogP contribution in [0.5, 0.6) is 5.75 Å². The van der Waals surface area contributed by atoms with Gasteiger partial charge in [-0.25, -0.2) is 0 Å². The minimum absolute atomic E-state index is 0.521. The SMILES string of the molecule is C=CCOc1ccccc1C=CCN. The van der Waals surface area contributed by atoms with Gasteiger partial charge in [0.15, 0.2) is 0 Å². The van der Waals surface area contributed by atoms with Crippen LogP contribution in [0.2, 0.25) is 0 Å². The van der Waals surface area contributed by atoms with E-state index in [1.54, 1.807) is 6.08 Å². The normalized spacial score (nSPS) is 10.4. The van der Waals surface area contributed by atoms with Crippen molar-refractivity contribution in [3.8, 4) is 5.75 Å². The molecule has 0 aliphatic heterocycles. The van der Waals surface area contributed by atoms with Gasteiger partial charge in [-0.15, -0.1) is 0 Å². The predicted octanol–water partition coefficient (Wildman–Crippen LogP) is 2.22. The smallest absolute Gasteiger partial charge is 0.126 e. The number of rotatable bonds is 5. The highest BCUT2D eigenvalue weighted by Crippen LogP contribution is 2.19. The molecule has 0 saturated carbocycles. The molecule has 74 valence electrons. The fraction of sp³-hybridized carbons (Fsp3) is 0.167. The summed E-state index contributed by atoms with van der Waals surface area (Å²) in [7, 11) is 0. The van der Waals surface area contributed by atoms with Gasteiger partial charge >= 0.3 is 0 Å². The highest BCUT2D eigenvalue weighted by molar-refractivity contribution is 5.57. The van der Waals surface area contributed by atoms with E-state index in [2.05, 4.69) is 6.58 Å². The van der Waals surface area contributed by atoms with Crippen molar-refractivity contribution in [1.82, 2.24) is 0 Å². The molecule has 1 rings (SSSR count). The fourth-order valence-electron chi connectivity index (χ4n) is 1.09. The van der Waals surface area contributed by atoms with Gasteiger partial charge in [0.1, 0.15) is 12.4 Å². The summed E-state index contributed by atoms with van der Waals surface area (Å²) in [4.78, 5) is 0. The summed E-state index contributed by atoms with van der Waals surface area (Å²) >= 11 is 0. The van der Waals surface area contributed by atoms with Gasteiger partial charge in [-0.05, 0) is 6.07 Å². The van der Waals surface area contributed by atoms with E-state index < -0.39 is 0 Å². The van der Waals surface area contributed by atoms with Gasteiger partial charge in [-0.1, -0.05) is 43.0 Å². The van der Waals surface area contributed by atoms with Crippen LogP contribution in [0.1, 0.15) is 5.56 Å². The van der Waals surface area contributed by atoms with Gasteiger partial charge in [-0.2, -0.15) is 0 Å². The van der Waals surface area contributed by atoms with E-state index in [-0.39, 0.29) is 0 Å². The number of para-hydroxylation sites is 1. The first-order valence-electron chi connectivity index (χ1n) is 4.58. The predicted molar refractivity (Wildman–Crippen MR) is 60.2 cm³/mol. The number of hydrogen-bond acceptors (Lipinski definition) is 2. The highest BCUT2D eigenvalue weighted by atomic mass is 16.5. The lowest BCUT2D eigenvalue weighted by Crippen LogP contribution is -1.95. The molecule has 0 bridgehead atoms. The molecule has 0 aliphatic carbocycles. The van der Waals surface area contributed by atoms with Crippen LogP contribution >= 0.6 is 0 Å². The third-order valence-electron chi connectivity index (χ3n) is 1.71. The van der Waals surface area contributed by atoms with Gasteiger partial charge in [0.05, 0.1) is 0 Å². The second kappa shape index (κ2) is 6.00. The summed E-state index contributed by atoms with van der Waals surface area (Å²) in [6.07, 6.45) is 5.58. The fourth-order valence-corrected chi connectivity index (χ4v) is 1.09. The molecule has 2 nitrogen and oxygen atoms in total. The van der Waals surface area contributed by atoms with E-state index in [1.165, 1.54) is 0 Å². The Labute approximate surface area is 84.7 Å². The van der Waals surface area contributed by atoms with Gasteiger partial charge in [-0.3, -0.25) is 0 Å². The lowest BCUT2D eigenvalue weighted by molar-refractivity contribution is 0.362. The Morgan fingerprint density at radius 3 is 2.86 bits per heavy atom. The van der Waals surface area contributed by atoms with Crippen LogP contribution in [-0.4, -0.2) is 13.2 Å². The van der Waals surface area contributed by atoms with Crippen LogP contribution in [0.25, 0.3) is 6.08 Å². The zero-order valence-electron chi connectivity index (χ0n) is 8.15. The van der Waals surface area contributed by atoms with E-state index in [1.807, 2.05) is 36.4 Å². The second-order valence-electron chi connectivity index (χ2n) is 2.78. The van der Waals surface area contributed by atoms with Crippen LogP contribution in [0, 0.1) is 0 Å². The molecule has 2 N–H and O–H groups in total. The maximum atomic E-state index is 5.47. The molecule has 0 atom stereocenters. The zero-order chi connectivity index (χ0) is 10.2.